The topological polar surface area (TPSA) is 77.5 Å². The average Bonchev–Trinajstić information content (AvgIpc) is 2.86. The van der Waals surface area contributed by atoms with Crippen LogP contribution in [0, 0.1) is 23.1 Å². The molecule has 1 aliphatic heterocycles. The van der Waals surface area contributed by atoms with E-state index in [9.17, 15) is 0 Å². The van der Waals surface area contributed by atoms with Gasteiger partial charge in [-0.3, -0.25) is 0 Å². The van der Waals surface area contributed by atoms with Gasteiger partial charge in [-0.1, -0.05) is 13.8 Å². The fourth-order valence-electron chi connectivity index (χ4n) is 2.53. The zero-order chi connectivity index (χ0) is 18.2. The Balaban J connectivity index is 2.69. The highest BCUT2D eigenvalue weighted by atomic mass is 32.1. The number of hydrogen-bond acceptors (Lipinski definition) is 6. The van der Waals surface area contributed by atoms with Crippen LogP contribution in [-0.2, 0) is 14.0 Å². The monoisotopic (exact) mass is 370 g/mol. The van der Waals surface area contributed by atoms with E-state index in [0.29, 0.717) is 29.1 Å². The Morgan fingerprint density at radius 3 is 2.79 bits per heavy atom. The SMILES string of the molecule is CC(C)OPC(C)(C)CC1OC(BC#CCN)CC1O[C@@H](S)C#N. The molecule has 0 aromatic heterocycles. The van der Waals surface area contributed by atoms with Crippen LogP contribution in [0.2, 0.25) is 0 Å². The Morgan fingerprint density at radius 1 is 1.50 bits per heavy atom. The highest BCUT2D eigenvalue weighted by Crippen LogP contribution is 2.40. The number of nitrogens with zero attached hydrogens (tertiary/aromatic N) is 1. The summed E-state index contributed by atoms with van der Waals surface area (Å²) in [7, 11) is 1.01. The van der Waals surface area contributed by atoms with Crippen molar-refractivity contribution in [1.29, 1.82) is 5.26 Å². The molecule has 8 heteroatoms. The summed E-state index contributed by atoms with van der Waals surface area (Å²) < 4.78 is 17.7. The molecular formula is C16H28BN2O3PS. The van der Waals surface area contributed by atoms with Gasteiger partial charge in [0.25, 0.3) is 0 Å². The van der Waals surface area contributed by atoms with E-state index in [1.165, 1.54) is 0 Å². The number of hydrogen-bond donors (Lipinski definition) is 2. The van der Waals surface area contributed by atoms with Gasteiger partial charge in [-0.15, -0.1) is 18.5 Å². The fraction of sp³-hybridized carbons (Fsp3) is 0.812. The molecule has 0 aliphatic carbocycles. The molecule has 24 heavy (non-hydrogen) atoms. The van der Waals surface area contributed by atoms with E-state index in [4.69, 9.17) is 25.0 Å². The maximum atomic E-state index is 8.95. The molecule has 0 aromatic carbocycles. The largest absolute Gasteiger partial charge is 0.379 e. The summed E-state index contributed by atoms with van der Waals surface area (Å²) in [6.45, 7) is 8.75. The van der Waals surface area contributed by atoms with Crippen molar-refractivity contribution >= 4 is 28.7 Å². The van der Waals surface area contributed by atoms with Crippen LogP contribution in [0.1, 0.15) is 40.5 Å². The van der Waals surface area contributed by atoms with E-state index < -0.39 is 5.44 Å². The van der Waals surface area contributed by atoms with Crippen LogP contribution >= 0.6 is 21.4 Å². The minimum atomic E-state index is -0.743. The van der Waals surface area contributed by atoms with Crippen molar-refractivity contribution < 1.29 is 14.0 Å². The Labute approximate surface area is 153 Å². The van der Waals surface area contributed by atoms with Crippen molar-refractivity contribution in [2.45, 2.75) is 75.4 Å². The summed E-state index contributed by atoms with van der Waals surface area (Å²) in [5, 5.41) is 8.93. The molecule has 0 bridgehead atoms. The molecule has 0 radical (unpaired) electrons. The van der Waals surface area contributed by atoms with Gasteiger partial charge in [0.1, 0.15) is 6.07 Å². The molecule has 1 saturated heterocycles. The Bertz CT molecular complexity index is 490. The lowest BCUT2D eigenvalue weighted by Crippen LogP contribution is -2.33. The summed E-state index contributed by atoms with van der Waals surface area (Å²) in [5.74, 6) is 5.88. The molecule has 134 valence electrons. The molecule has 1 heterocycles. The molecule has 0 spiro atoms. The summed E-state index contributed by atoms with van der Waals surface area (Å²) in [5.41, 5.74) is 4.65. The van der Waals surface area contributed by atoms with Crippen LogP contribution in [0.15, 0.2) is 0 Å². The smallest absolute Gasteiger partial charge is 0.246 e. The van der Waals surface area contributed by atoms with E-state index in [0.717, 1.165) is 6.42 Å². The van der Waals surface area contributed by atoms with Gasteiger partial charge in [-0.05, 0) is 26.7 Å². The first kappa shape index (κ1) is 21.8. The van der Waals surface area contributed by atoms with Crippen molar-refractivity contribution in [2.75, 3.05) is 6.54 Å². The minimum Gasteiger partial charge on any atom is -0.379 e. The molecule has 1 rings (SSSR count). The standard InChI is InChI=1S/C16H28BN2O3PS/c1-11(2)22-23-16(3,4)9-13-12(21-15(24)10-19)8-14(20-13)17-6-5-7-18/h11-15,17,23-24H,7-9,18H2,1-4H3/t12?,13?,14?,15-/m0/s1. The third-order valence-corrected chi connectivity index (χ3v) is 5.11. The van der Waals surface area contributed by atoms with Gasteiger partial charge in [0.05, 0.1) is 24.9 Å². The first-order valence-corrected chi connectivity index (χ1v) is 9.67. The molecule has 5 atom stereocenters. The van der Waals surface area contributed by atoms with E-state index >= 15 is 0 Å². The van der Waals surface area contributed by atoms with Gasteiger partial charge in [-0.25, -0.2) is 0 Å². The maximum Gasteiger partial charge on any atom is 0.246 e. The lowest BCUT2D eigenvalue weighted by Gasteiger charge is -2.30. The van der Waals surface area contributed by atoms with Gasteiger partial charge in [0.2, 0.25) is 7.28 Å². The minimum absolute atomic E-state index is 0.00317. The predicted octanol–water partition coefficient (Wildman–Crippen LogP) is 1.81. The number of nitriles is 1. The second kappa shape index (κ2) is 10.7. The Morgan fingerprint density at radius 2 is 2.21 bits per heavy atom. The van der Waals surface area contributed by atoms with E-state index in [1.807, 2.05) is 19.9 Å². The summed E-state index contributed by atoms with van der Waals surface area (Å²) in [4.78, 5) is 0. The van der Waals surface area contributed by atoms with Crippen molar-refractivity contribution in [2.24, 2.45) is 5.73 Å². The molecule has 4 unspecified atom stereocenters. The van der Waals surface area contributed by atoms with Crippen molar-refractivity contribution in [3.63, 3.8) is 0 Å². The van der Waals surface area contributed by atoms with Crippen LogP contribution < -0.4 is 5.73 Å². The van der Waals surface area contributed by atoms with Crippen LogP contribution in [0.3, 0.4) is 0 Å². The van der Waals surface area contributed by atoms with Gasteiger partial charge in [0, 0.05) is 20.0 Å². The summed E-state index contributed by atoms with van der Waals surface area (Å²) >= 11 is 4.13. The number of rotatable bonds is 8. The lowest BCUT2D eigenvalue weighted by atomic mass is 9.71. The second-order valence-electron chi connectivity index (χ2n) is 6.81. The van der Waals surface area contributed by atoms with E-state index in [1.54, 1.807) is 0 Å². The molecule has 0 amide bonds. The average molecular weight is 370 g/mol. The number of ether oxygens (including phenoxy) is 2. The molecule has 0 aromatic rings. The Kier molecular flexibility index (Phi) is 9.68. The normalized spacial score (nSPS) is 25.5. The van der Waals surface area contributed by atoms with Crippen LogP contribution in [0.25, 0.3) is 0 Å². The van der Waals surface area contributed by atoms with Gasteiger partial charge in [0.15, 0.2) is 5.44 Å². The van der Waals surface area contributed by atoms with Gasteiger partial charge < -0.3 is 19.7 Å². The van der Waals surface area contributed by atoms with E-state index in [2.05, 4.69) is 38.2 Å². The summed E-state index contributed by atoms with van der Waals surface area (Å²) in [6, 6.07) is 2.00. The number of nitrogens with two attached hydrogens (primary N) is 1. The van der Waals surface area contributed by atoms with Crippen molar-refractivity contribution in [1.82, 2.24) is 0 Å². The van der Waals surface area contributed by atoms with Crippen molar-refractivity contribution in [3.05, 3.63) is 0 Å². The molecule has 1 fully saturated rings. The lowest BCUT2D eigenvalue weighted by molar-refractivity contribution is -0.0173. The number of thiol groups is 1. The van der Waals surface area contributed by atoms with Crippen LogP contribution in [0.5, 0.6) is 0 Å². The highest BCUT2D eigenvalue weighted by Gasteiger charge is 2.40. The highest BCUT2D eigenvalue weighted by molar-refractivity contribution is 7.81. The zero-order valence-electron chi connectivity index (χ0n) is 14.9. The molecule has 1 aliphatic rings. The second-order valence-corrected chi connectivity index (χ2v) is 9.07. The third kappa shape index (κ3) is 8.21. The first-order valence-electron chi connectivity index (χ1n) is 8.24. The maximum absolute atomic E-state index is 8.95. The van der Waals surface area contributed by atoms with Crippen molar-refractivity contribution in [3.8, 4) is 17.8 Å². The van der Waals surface area contributed by atoms with Crippen LogP contribution in [0.4, 0.5) is 0 Å². The quantitative estimate of drug-likeness (QED) is 0.224. The van der Waals surface area contributed by atoms with Crippen LogP contribution in [-0.4, -0.2) is 48.7 Å². The molecule has 5 nitrogen and oxygen atoms in total. The Hall–Kier alpha value is -0.265. The fourth-order valence-corrected chi connectivity index (χ4v) is 3.53. The molecular weight excluding hydrogens is 342 g/mol. The van der Waals surface area contributed by atoms with Gasteiger partial charge in [-0.2, -0.15) is 11.1 Å². The summed E-state index contributed by atoms with van der Waals surface area (Å²) in [6.07, 6.45) is 1.48. The third-order valence-electron chi connectivity index (χ3n) is 3.53. The molecule has 2 N–H and O–H groups in total. The van der Waals surface area contributed by atoms with E-state index in [-0.39, 0.29) is 29.5 Å². The zero-order valence-corrected chi connectivity index (χ0v) is 16.8. The predicted molar refractivity (Wildman–Crippen MR) is 104 cm³/mol. The molecule has 0 saturated carbocycles. The van der Waals surface area contributed by atoms with Gasteiger partial charge >= 0.3 is 0 Å². The first-order chi connectivity index (χ1) is 11.3.